The molecule has 7 nitrogen and oxygen atoms in total. The van der Waals surface area contributed by atoms with Crippen LogP contribution in [-0.2, 0) is 4.74 Å². The standard InChI is InChI=1S/C14H14N4O3/c19-14(20)13-12(10-3-1-2-4-15-10)17-11(9-16-13)18-5-7-21-8-6-18/h1-4,9H,5-8H2,(H,19,20). The summed E-state index contributed by atoms with van der Waals surface area (Å²) in [5, 5.41) is 9.26. The minimum atomic E-state index is -1.11. The smallest absolute Gasteiger partial charge is 0.356 e. The van der Waals surface area contributed by atoms with Gasteiger partial charge in [-0.15, -0.1) is 0 Å². The molecule has 2 aromatic heterocycles. The molecule has 7 heteroatoms. The number of nitrogens with zero attached hydrogens (tertiary/aromatic N) is 4. The molecule has 0 atom stereocenters. The summed E-state index contributed by atoms with van der Waals surface area (Å²) in [6.45, 7) is 2.67. The highest BCUT2D eigenvalue weighted by Crippen LogP contribution is 2.22. The third-order valence-electron chi connectivity index (χ3n) is 3.20. The molecule has 1 N–H and O–H groups in total. The maximum Gasteiger partial charge on any atom is 0.356 e. The molecule has 0 bridgehead atoms. The lowest BCUT2D eigenvalue weighted by Gasteiger charge is -2.27. The number of aromatic nitrogens is 3. The van der Waals surface area contributed by atoms with Crippen molar-refractivity contribution in [2.45, 2.75) is 0 Å². The molecule has 0 radical (unpaired) electrons. The number of anilines is 1. The van der Waals surface area contributed by atoms with Crippen LogP contribution in [0.2, 0.25) is 0 Å². The van der Waals surface area contributed by atoms with Crippen LogP contribution in [0.4, 0.5) is 5.82 Å². The summed E-state index contributed by atoms with van der Waals surface area (Å²) in [6.07, 6.45) is 3.09. The number of aromatic carboxylic acids is 1. The molecule has 0 aliphatic carbocycles. The van der Waals surface area contributed by atoms with Gasteiger partial charge in [0.2, 0.25) is 0 Å². The van der Waals surface area contributed by atoms with E-state index in [0.717, 1.165) is 0 Å². The predicted molar refractivity (Wildman–Crippen MR) is 75.3 cm³/mol. The van der Waals surface area contributed by atoms with Gasteiger partial charge in [0.1, 0.15) is 11.5 Å². The fourth-order valence-corrected chi connectivity index (χ4v) is 2.16. The SMILES string of the molecule is O=C(O)c1ncc(N2CCOCC2)nc1-c1ccccn1. The predicted octanol–water partition coefficient (Wildman–Crippen LogP) is 1.07. The van der Waals surface area contributed by atoms with Gasteiger partial charge in [0.25, 0.3) is 0 Å². The summed E-state index contributed by atoms with van der Waals surface area (Å²) in [5.74, 6) is -0.472. The van der Waals surface area contributed by atoms with Gasteiger partial charge in [0.15, 0.2) is 5.69 Å². The summed E-state index contributed by atoms with van der Waals surface area (Å²) < 4.78 is 5.30. The Morgan fingerprint density at radius 3 is 2.71 bits per heavy atom. The summed E-state index contributed by atoms with van der Waals surface area (Å²) in [7, 11) is 0. The lowest BCUT2D eigenvalue weighted by atomic mass is 10.2. The van der Waals surface area contributed by atoms with Crippen molar-refractivity contribution in [2.24, 2.45) is 0 Å². The third kappa shape index (κ3) is 2.82. The monoisotopic (exact) mass is 286 g/mol. The normalized spacial score (nSPS) is 15.0. The van der Waals surface area contributed by atoms with Crippen LogP contribution in [0.25, 0.3) is 11.4 Å². The first-order valence-electron chi connectivity index (χ1n) is 6.60. The molecule has 21 heavy (non-hydrogen) atoms. The molecule has 0 amide bonds. The number of pyridine rings is 1. The van der Waals surface area contributed by atoms with Crippen LogP contribution < -0.4 is 4.90 Å². The molecule has 0 saturated carbocycles. The zero-order chi connectivity index (χ0) is 14.7. The van der Waals surface area contributed by atoms with Crippen LogP contribution in [0.3, 0.4) is 0 Å². The van der Waals surface area contributed by atoms with Crippen LogP contribution in [0, 0.1) is 0 Å². The van der Waals surface area contributed by atoms with Crippen molar-refractivity contribution in [3.63, 3.8) is 0 Å². The van der Waals surface area contributed by atoms with Crippen molar-refractivity contribution in [2.75, 3.05) is 31.2 Å². The second kappa shape index (κ2) is 5.84. The molecular formula is C14H14N4O3. The average molecular weight is 286 g/mol. The fraction of sp³-hybridized carbons (Fsp3) is 0.286. The Labute approximate surface area is 121 Å². The first-order chi connectivity index (χ1) is 10.3. The van der Waals surface area contributed by atoms with Crippen LogP contribution in [0.15, 0.2) is 30.6 Å². The molecule has 1 aliphatic heterocycles. The van der Waals surface area contributed by atoms with Crippen LogP contribution >= 0.6 is 0 Å². The summed E-state index contributed by atoms with van der Waals surface area (Å²) >= 11 is 0. The van der Waals surface area contributed by atoms with Crippen molar-refractivity contribution in [3.05, 3.63) is 36.3 Å². The number of hydrogen-bond acceptors (Lipinski definition) is 6. The number of rotatable bonds is 3. The van der Waals surface area contributed by atoms with E-state index in [2.05, 4.69) is 15.0 Å². The Kier molecular flexibility index (Phi) is 3.74. The Bertz CT molecular complexity index is 642. The highest BCUT2D eigenvalue weighted by atomic mass is 16.5. The lowest BCUT2D eigenvalue weighted by Crippen LogP contribution is -2.37. The molecule has 3 rings (SSSR count). The Morgan fingerprint density at radius 2 is 2.05 bits per heavy atom. The zero-order valence-corrected chi connectivity index (χ0v) is 11.3. The van der Waals surface area contributed by atoms with Gasteiger partial charge in [-0.2, -0.15) is 0 Å². The van der Waals surface area contributed by atoms with E-state index >= 15 is 0 Å². The molecule has 0 unspecified atom stereocenters. The topological polar surface area (TPSA) is 88.4 Å². The zero-order valence-electron chi connectivity index (χ0n) is 11.3. The molecule has 1 fully saturated rings. The van der Waals surface area contributed by atoms with E-state index in [-0.39, 0.29) is 11.4 Å². The van der Waals surface area contributed by atoms with E-state index in [1.807, 2.05) is 4.90 Å². The van der Waals surface area contributed by atoms with E-state index < -0.39 is 5.97 Å². The lowest BCUT2D eigenvalue weighted by molar-refractivity contribution is 0.0691. The molecule has 1 saturated heterocycles. The Balaban J connectivity index is 2.04. The number of hydrogen-bond donors (Lipinski definition) is 1. The molecule has 0 spiro atoms. The number of carbonyl (C=O) groups is 1. The number of carboxylic acid groups (broad SMARTS) is 1. The van der Waals surface area contributed by atoms with Crippen LogP contribution in [-0.4, -0.2) is 52.3 Å². The van der Waals surface area contributed by atoms with Crippen molar-refractivity contribution in [3.8, 4) is 11.4 Å². The molecule has 1 aliphatic rings. The molecule has 2 aromatic rings. The van der Waals surface area contributed by atoms with E-state index in [9.17, 15) is 9.90 Å². The van der Waals surface area contributed by atoms with Gasteiger partial charge in [0.05, 0.1) is 25.1 Å². The van der Waals surface area contributed by atoms with E-state index in [0.29, 0.717) is 37.8 Å². The van der Waals surface area contributed by atoms with Crippen LogP contribution in [0.5, 0.6) is 0 Å². The minimum Gasteiger partial charge on any atom is -0.476 e. The maximum atomic E-state index is 11.3. The van der Waals surface area contributed by atoms with E-state index in [4.69, 9.17) is 4.74 Å². The van der Waals surface area contributed by atoms with Gasteiger partial charge in [0, 0.05) is 19.3 Å². The van der Waals surface area contributed by atoms with Gasteiger partial charge < -0.3 is 14.7 Å². The van der Waals surface area contributed by atoms with Gasteiger partial charge >= 0.3 is 5.97 Å². The maximum absolute atomic E-state index is 11.3. The third-order valence-corrected chi connectivity index (χ3v) is 3.20. The molecule has 108 valence electrons. The van der Waals surface area contributed by atoms with Crippen molar-refractivity contribution in [1.29, 1.82) is 0 Å². The molecule has 3 heterocycles. The number of morpholine rings is 1. The van der Waals surface area contributed by atoms with Gasteiger partial charge in [-0.25, -0.2) is 14.8 Å². The minimum absolute atomic E-state index is 0.0919. The summed E-state index contributed by atoms with van der Waals surface area (Å²) in [4.78, 5) is 26.0. The number of carboxylic acids is 1. The summed E-state index contributed by atoms with van der Waals surface area (Å²) in [6, 6.07) is 5.28. The van der Waals surface area contributed by atoms with Crippen molar-refractivity contribution < 1.29 is 14.6 Å². The van der Waals surface area contributed by atoms with Gasteiger partial charge in [-0.3, -0.25) is 4.98 Å². The second-order valence-electron chi connectivity index (χ2n) is 4.54. The quantitative estimate of drug-likeness (QED) is 0.902. The Morgan fingerprint density at radius 1 is 1.24 bits per heavy atom. The van der Waals surface area contributed by atoms with E-state index in [1.54, 1.807) is 24.4 Å². The first kappa shape index (κ1) is 13.4. The van der Waals surface area contributed by atoms with Crippen LogP contribution in [0.1, 0.15) is 10.5 Å². The summed E-state index contributed by atoms with van der Waals surface area (Å²) in [5.41, 5.74) is 0.690. The molecular weight excluding hydrogens is 272 g/mol. The van der Waals surface area contributed by atoms with Crippen molar-refractivity contribution in [1.82, 2.24) is 15.0 Å². The largest absolute Gasteiger partial charge is 0.476 e. The van der Waals surface area contributed by atoms with Crippen molar-refractivity contribution >= 4 is 11.8 Å². The van der Waals surface area contributed by atoms with Gasteiger partial charge in [-0.05, 0) is 12.1 Å². The average Bonchev–Trinajstić information content (AvgIpc) is 2.56. The van der Waals surface area contributed by atoms with Gasteiger partial charge in [-0.1, -0.05) is 6.07 Å². The highest BCUT2D eigenvalue weighted by Gasteiger charge is 2.20. The number of ether oxygens (including phenoxy) is 1. The fourth-order valence-electron chi connectivity index (χ4n) is 2.16. The second-order valence-corrected chi connectivity index (χ2v) is 4.54. The highest BCUT2D eigenvalue weighted by molar-refractivity contribution is 5.92. The molecule has 0 aromatic carbocycles. The Hall–Kier alpha value is -2.54. The first-order valence-corrected chi connectivity index (χ1v) is 6.60. The van der Waals surface area contributed by atoms with E-state index in [1.165, 1.54) is 6.20 Å².